The molecule has 3 rings (SSSR count). The Bertz CT molecular complexity index is 806. The lowest BCUT2D eigenvalue weighted by atomic mass is 9.93. The van der Waals surface area contributed by atoms with Gasteiger partial charge in [0.05, 0.1) is 23.1 Å². The SMILES string of the molecule is COCC(=O)Nc1cn[nH]c1C1CCCN(Cc2cccc(C(F)(F)F)c2)C1. The topological polar surface area (TPSA) is 70.2 Å². The Kier molecular flexibility index (Phi) is 6.35. The first-order valence-electron chi connectivity index (χ1n) is 9.07. The molecule has 28 heavy (non-hydrogen) atoms. The van der Waals surface area contributed by atoms with Crippen LogP contribution in [0, 0.1) is 0 Å². The van der Waals surface area contributed by atoms with E-state index in [1.54, 1.807) is 12.3 Å². The molecule has 1 saturated heterocycles. The fourth-order valence-electron chi connectivity index (χ4n) is 3.56. The van der Waals surface area contributed by atoms with Crippen LogP contribution in [0.4, 0.5) is 18.9 Å². The molecule has 0 radical (unpaired) electrons. The van der Waals surface area contributed by atoms with Gasteiger partial charge in [-0.25, -0.2) is 0 Å². The zero-order valence-electron chi connectivity index (χ0n) is 15.6. The molecule has 9 heteroatoms. The first kappa shape index (κ1) is 20.3. The number of nitrogens with one attached hydrogen (secondary N) is 2. The molecular formula is C19H23F3N4O2. The molecule has 2 heterocycles. The highest BCUT2D eigenvalue weighted by molar-refractivity contribution is 5.92. The second-order valence-corrected chi connectivity index (χ2v) is 6.95. The van der Waals surface area contributed by atoms with Crippen LogP contribution in [-0.4, -0.2) is 47.8 Å². The standard InChI is InChI=1S/C19H23F3N4O2/c1-28-12-17(27)24-16-9-23-25-18(16)14-5-3-7-26(11-14)10-13-4-2-6-15(8-13)19(20,21)22/h2,4,6,8-9,14H,3,5,7,10-12H2,1H3,(H,23,25)(H,24,27). The van der Waals surface area contributed by atoms with Crippen LogP contribution >= 0.6 is 0 Å². The summed E-state index contributed by atoms with van der Waals surface area (Å²) >= 11 is 0. The molecule has 0 spiro atoms. The summed E-state index contributed by atoms with van der Waals surface area (Å²) in [6.45, 7) is 1.88. The van der Waals surface area contributed by atoms with Crippen molar-refractivity contribution in [3.63, 3.8) is 0 Å². The van der Waals surface area contributed by atoms with Crippen molar-refractivity contribution in [1.82, 2.24) is 15.1 Å². The van der Waals surface area contributed by atoms with Gasteiger partial charge < -0.3 is 10.1 Å². The van der Waals surface area contributed by atoms with E-state index >= 15 is 0 Å². The van der Waals surface area contributed by atoms with Gasteiger partial charge >= 0.3 is 6.18 Å². The van der Waals surface area contributed by atoms with Crippen LogP contribution < -0.4 is 5.32 Å². The smallest absolute Gasteiger partial charge is 0.375 e. The van der Waals surface area contributed by atoms with E-state index in [9.17, 15) is 18.0 Å². The number of halogens is 3. The van der Waals surface area contributed by atoms with E-state index in [0.717, 1.165) is 31.1 Å². The Morgan fingerprint density at radius 1 is 1.43 bits per heavy atom. The van der Waals surface area contributed by atoms with Crippen molar-refractivity contribution in [3.05, 3.63) is 47.3 Å². The number of aromatic amines is 1. The first-order chi connectivity index (χ1) is 13.4. The van der Waals surface area contributed by atoms with E-state index in [1.807, 2.05) is 0 Å². The molecule has 1 atom stereocenters. The average molecular weight is 396 g/mol. The van der Waals surface area contributed by atoms with E-state index in [0.29, 0.717) is 24.3 Å². The zero-order chi connectivity index (χ0) is 20.1. The Morgan fingerprint density at radius 3 is 3.00 bits per heavy atom. The maximum Gasteiger partial charge on any atom is 0.416 e. The molecule has 1 aliphatic heterocycles. The number of carbonyl (C=O) groups is 1. The van der Waals surface area contributed by atoms with Gasteiger partial charge in [-0.05, 0) is 31.0 Å². The van der Waals surface area contributed by atoms with Gasteiger partial charge in [-0.3, -0.25) is 14.8 Å². The van der Waals surface area contributed by atoms with Crippen molar-refractivity contribution in [1.29, 1.82) is 0 Å². The molecule has 1 unspecified atom stereocenters. The Labute approximate surface area is 161 Å². The van der Waals surface area contributed by atoms with Gasteiger partial charge in [-0.15, -0.1) is 0 Å². The lowest BCUT2D eigenvalue weighted by Gasteiger charge is -2.32. The van der Waals surface area contributed by atoms with Crippen molar-refractivity contribution in [2.45, 2.75) is 31.5 Å². The third-order valence-electron chi connectivity index (χ3n) is 4.79. The Balaban J connectivity index is 1.67. The van der Waals surface area contributed by atoms with Gasteiger partial charge in [0, 0.05) is 26.1 Å². The predicted octanol–water partition coefficient (Wildman–Crippen LogP) is 3.39. The monoisotopic (exact) mass is 396 g/mol. The minimum absolute atomic E-state index is 0.0447. The Hall–Kier alpha value is -2.39. The molecule has 1 aliphatic rings. The van der Waals surface area contributed by atoms with Crippen molar-refractivity contribution < 1.29 is 22.7 Å². The van der Waals surface area contributed by atoms with Gasteiger partial charge in [-0.2, -0.15) is 18.3 Å². The second kappa shape index (κ2) is 8.74. The molecule has 1 amide bonds. The lowest BCUT2D eigenvalue weighted by molar-refractivity contribution is -0.137. The summed E-state index contributed by atoms with van der Waals surface area (Å²) in [5.74, 6) is -0.151. The summed E-state index contributed by atoms with van der Waals surface area (Å²) in [7, 11) is 1.45. The molecule has 0 bridgehead atoms. The normalized spacial score (nSPS) is 18.2. The number of aromatic nitrogens is 2. The van der Waals surface area contributed by atoms with Crippen molar-refractivity contribution in [2.75, 3.05) is 32.1 Å². The van der Waals surface area contributed by atoms with Crippen LogP contribution in [0.2, 0.25) is 0 Å². The van der Waals surface area contributed by atoms with Gasteiger partial charge in [0.15, 0.2) is 0 Å². The summed E-state index contributed by atoms with van der Waals surface area (Å²) < 4.78 is 43.6. The number of ether oxygens (including phenoxy) is 1. The van der Waals surface area contributed by atoms with Gasteiger partial charge in [0.1, 0.15) is 6.61 Å². The highest BCUT2D eigenvalue weighted by Crippen LogP contribution is 2.32. The first-order valence-corrected chi connectivity index (χ1v) is 9.07. The van der Waals surface area contributed by atoms with Crippen LogP contribution in [0.25, 0.3) is 0 Å². The number of benzene rings is 1. The summed E-state index contributed by atoms with van der Waals surface area (Å²) in [5.41, 5.74) is 1.45. The number of hydrogen-bond donors (Lipinski definition) is 2. The molecule has 0 saturated carbocycles. The second-order valence-electron chi connectivity index (χ2n) is 6.95. The number of anilines is 1. The molecule has 6 nitrogen and oxygen atoms in total. The zero-order valence-corrected chi connectivity index (χ0v) is 15.6. The van der Waals surface area contributed by atoms with Crippen LogP contribution in [0.5, 0.6) is 0 Å². The number of carbonyl (C=O) groups excluding carboxylic acids is 1. The largest absolute Gasteiger partial charge is 0.416 e. The molecular weight excluding hydrogens is 373 g/mol. The quantitative estimate of drug-likeness (QED) is 0.785. The molecule has 1 aromatic heterocycles. The number of likely N-dealkylation sites (tertiary alicyclic amines) is 1. The molecule has 0 aliphatic carbocycles. The molecule has 1 aromatic carbocycles. The number of rotatable bonds is 6. The molecule has 152 valence electrons. The fraction of sp³-hybridized carbons (Fsp3) is 0.474. The number of amides is 1. The van der Waals surface area contributed by atoms with E-state index in [1.165, 1.54) is 19.2 Å². The van der Waals surface area contributed by atoms with Crippen LogP contribution in [-0.2, 0) is 22.3 Å². The number of piperidine rings is 1. The summed E-state index contributed by atoms with van der Waals surface area (Å²) in [6, 6.07) is 5.45. The third-order valence-corrected chi connectivity index (χ3v) is 4.79. The van der Waals surface area contributed by atoms with Gasteiger partial charge in [-0.1, -0.05) is 18.2 Å². The lowest BCUT2D eigenvalue weighted by Crippen LogP contribution is -2.34. The van der Waals surface area contributed by atoms with E-state index < -0.39 is 11.7 Å². The van der Waals surface area contributed by atoms with Crippen molar-refractivity contribution in [2.24, 2.45) is 0 Å². The van der Waals surface area contributed by atoms with E-state index in [4.69, 9.17) is 4.74 Å². The fourth-order valence-corrected chi connectivity index (χ4v) is 3.56. The molecule has 2 aromatic rings. The average Bonchev–Trinajstić information content (AvgIpc) is 3.10. The maximum atomic E-state index is 12.9. The Morgan fingerprint density at radius 2 is 2.25 bits per heavy atom. The number of nitrogens with zero attached hydrogens (tertiary/aromatic N) is 2. The van der Waals surface area contributed by atoms with Crippen LogP contribution in [0.15, 0.2) is 30.5 Å². The molecule has 1 fully saturated rings. The van der Waals surface area contributed by atoms with Crippen LogP contribution in [0.1, 0.15) is 35.6 Å². The summed E-state index contributed by atoms with van der Waals surface area (Å²) in [5, 5.41) is 9.77. The highest BCUT2D eigenvalue weighted by atomic mass is 19.4. The number of hydrogen-bond acceptors (Lipinski definition) is 4. The third kappa shape index (κ3) is 5.11. The van der Waals surface area contributed by atoms with Crippen molar-refractivity contribution in [3.8, 4) is 0 Å². The van der Waals surface area contributed by atoms with Gasteiger partial charge in [0.25, 0.3) is 0 Å². The summed E-state index contributed by atoms with van der Waals surface area (Å²) in [6.07, 6.45) is -0.956. The maximum absolute atomic E-state index is 12.9. The van der Waals surface area contributed by atoms with Crippen LogP contribution in [0.3, 0.4) is 0 Å². The van der Waals surface area contributed by atoms with Gasteiger partial charge in [0.2, 0.25) is 5.91 Å². The highest BCUT2D eigenvalue weighted by Gasteiger charge is 2.31. The minimum Gasteiger partial charge on any atom is -0.375 e. The van der Waals surface area contributed by atoms with E-state index in [-0.39, 0.29) is 18.4 Å². The molecule has 2 N–H and O–H groups in total. The number of methoxy groups -OCH3 is 1. The predicted molar refractivity (Wildman–Crippen MR) is 97.8 cm³/mol. The minimum atomic E-state index is -4.34. The summed E-state index contributed by atoms with van der Waals surface area (Å²) in [4.78, 5) is 13.9. The number of H-pyrrole nitrogens is 1. The van der Waals surface area contributed by atoms with E-state index in [2.05, 4.69) is 20.4 Å². The number of alkyl halides is 3. The van der Waals surface area contributed by atoms with Crippen molar-refractivity contribution >= 4 is 11.6 Å².